The zero-order chi connectivity index (χ0) is 19.9. The van der Waals surface area contributed by atoms with Gasteiger partial charge in [-0.05, 0) is 43.9 Å². The monoisotopic (exact) mass is 384 g/mol. The summed E-state index contributed by atoms with van der Waals surface area (Å²) in [7, 11) is 0. The van der Waals surface area contributed by atoms with E-state index in [2.05, 4.69) is 41.6 Å². The van der Waals surface area contributed by atoms with E-state index >= 15 is 0 Å². The molecule has 2 heterocycles. The lowest BCUT2D eigenvalue weighted by Crippen LogP contribution is -2.65. The van der Waals surface area contributed by atoms with Crippen molar-refractivity contribution in [1.82, 2.24) is 15.2 Å². The Morgan fingerprint density at radius 2 is 2.11 bits per heavy atom. The minimum absolute atomic E-state index is 0.0375. The van der Waals surface area contributed by atoms with Crippen molar-refractivity contribution in [2.45, 2.75) is 58.0 Å². The van der Waals surface area contributed by atoms with Gasteiger partial charge in [-0.25, -0.2) is 4.79 Å². The molecule has 1 fully saturated rings. The molecule has 6 heteroatoms. The van der Waals surface area contributed by atoms with Gasteiger partial charge in [0, 0.05) is 42.5 Å². The van der Waals surface area contributed by atoms with Crippen LogP contribution in [0.2, 0.25) is 0 Å². The molecular formula is C22H32N4O2. The molecule has 1 saturated heterocycles. The summed E-state index contributed by atoms with van der Waals surface area (Å²) in [6, 6.07) is 6.27. The zero-order valence-corrected chi connectivity index (χ0v) is 17.2. The first kappa shape index (κ1) is 19.3. The van der Waals surface area contributed by atoms with Crippen molar-refractivity contribution in [3.05, 3.63) is 40.7 Å². The molecule has 0 saturated carbocycles. The molecule has 2 aliphatic rings. The van der Waals surface area contributed by atoms with Crippen molar-refractivity contribution in [3.63, 3.8) is 0 Å². The van der Waals surface area contributed by atoms with Crippen LogP contribution in [0.4, 0.5) is 4.79 Å². The molecule has 1 aromatic heterocycles. The number of nitrogens with one attached hydrogen (secondary N) is 2. The van der Waals surface area contributed by atoms with Crippen molar-refractivity contribution in [2.75, 3.05) is 26.2 Å². The fourth-order valence-corrected chi connectivity index (χ4v) is 5.52. The normalized spacial score (nSPS) is 28.8. The number of piperidine rings is 1. The number of urea groups is 1. The number of likely N-dealkylation sites (tertiary alicyclic amines) is 1. The van der Waals surface area contributed by atoms with Gasteiger partial charge < -0.3 is 25.1 Å². The Morgan fingerprint density at radius 3 is 2.82 bits per heavy atom. The molecule has 28 heavy (non-hydrogen) atoms. The quantitative estimate of drug-likeness (QED) is 0.609. The predicted octanol–water partition coefficient (Wildman–Crippen LogP) is 3.72. The summed E-state index contributed by atoms with van der Waals surface area (Å²) in [4.78, 5) is 17.8. The Hall–Kier alpha value is -2.05. The number of rotatable bonds is 5. The summed E-state index contributed by atoms with van der Waals surface area (Å²) in [5, 5.41) is 18.5. The van der Waals surface area contributed by atoms with Crippen LogP contribution in [-0.2, 0) is 6.42 Å². The number of carbonyl (C=O) groups excluding carboxylic acids is 1. The zero-order valence-electron chi connectivity index (χ0n) is 17.2. The molecule has 2 aromatic rings. The van der Waals surface area contributed by atoms with Crippen LogP contribution in [0.25, 0.3) is 10.9 Å². The van der Waals surface area contributed by atoms with Crippen LogP contribution in [0.5, 0.6) is 0 Å². The molecule has 1 aliphatic carbocycles. The average Bonchev–Trinajstić information content (AvgIpc) is 3.08. The molecule has 152 valence electrons. The topological polar surface area (TPSA) is 71.2 Å². The maximum absolute atomic E-state index is 14.0. The van der Waals surface area contributed by atoms with Crippen molar-refractivity contribution in [1.29, 1.82) is 0 Å². The summed E-state index contributed by atoms with van der Waals surface area (Å²) < 4.78 is -0.203. The predicted molar refractivity (Wildman–Crippen MR) is 112 cm³/mol. The molecule has 2 N–H and O–H groups in total. The summed E-state index contributed by atoms with van der Waals surface area (Å²) >= 11 is 0. The van der Waals surface area contributed by atoms with E-state index < -0.39 is 0 Å². The molecule has 1 aliphatic heterocycles. The van der Waals surface area contributed by atoms with Gasteiger partial charge in [-0.3, -0.25) is 0 Å². The van der Waals surface area contributed by atoms with Crippen molar-refractivity contribution in [3.8, 4) is 0 Å². The average molecular weight is 385 g/mol. The highest BCUT2D eigenvalue weighted by atomic mass is 16.5. The molecule has 6 nitrogen and oxygen atoms in total. The second kappa shape index (κ2) is 7.41. The minimum atomic E-state index is -0.203. The molecule has 4 atom stereocenters. The minimum Gasteiger partial charge on any atom is -0.633 e. The first-order valence-electron chi connectivity index (χ1n) is 10.7. The van der Waals surface area contributed by atoms with Gasteiger partial charge in [0.05, 0.1) is 25.2 Å². The third-order valence-electron chi connectivity index (χ3n) is 6.77. The van der Waals surface area contributed by atoms with Gasteiger partial charge >= 0.3 is 6.03 Å². The number of benzene rings is 1. The highest BCUT2D eigenvalue weighted by molar-refractivity contribution is 5.88. The molecule has 4 rings (SSSR count). The maximum Gasteiger partial charge on any atom is 0.317 e. The first-order valence-corrected chi connectivity index (χ1v) is 10.7. The largest absolute Gasteiger partial charge is 0.633 e. The Morgan fingerprint density at radius 1 is 1.32 bits per heavy atom. The number of hydrogen-bond acceptors (Lipinski definition) is 2. The van der Waals surface area contributed by atoms with Gasteiger partial charge in [0.1, 0.15) is 0 Å². The van der Waals surface area contributed by atoms with Gasteiger partial charge in [-0.2, -0.15) is 0 Å². The standard InChI is InChI=1S/C22H32N4O2/c1-4-10-26(28)14-16(24-22(27)25(5-2)6-3)12-18-17-8-7-9-19-21(17)15(13-23-19)11-20(18)26/h7-9,13,16,18,20,23H,4-6,10-12,14H2,1-3H3,(H,24,27)/t16-,18+,20+,26?/m0/s1. The highest BCUT2D eigenvalue weighted by Gasteiger charge is 2.47. The third kappa shape index (κ3) is 3.08. The second-order valence-electron chi connectivity index (χ2n) is 8.37. The number of carbonyl (C=O) groups is 1. The summed E-state index contributed by atoms with van der Waals surface area (Å²) in [6.07, 6.45) is 4.60. The summed E-state index contributed by atoms with van der Waals surface area (Å²) in [5.74, 6) is 0.187. The number of nitrogens with zero attached hydrogens (tertiary/aromatic N) is 2. The van der Waals surface area contributed by atoms with Crippen LogP contribution >= 0.6 is 0 Å². The molecule has 0 spiro atoms. The number of hydrogen-bond donors (Lipinski definition) is 2. The van der Waals surface area contributed by atoms with E-state index in [0.717, 1.165) is 24.8 Å². The van der Waals surface area contributed by atoms with E-state index in [1.807, 2.05) is 13.8 Å². The number of fused-ring (bicyclic) bond motifs is 2. The number of amides is 2. The fraction of sp³-hybridized carbons (Fsp3) is 0.591. The number of aromatic amines is 1. The Labute approximate surface area is 167 Å². The molecular weight excluding hydrogens is 352 g/mol. The second-order valence-corrected chi connectivity index (χ2v) is 8.37. The number of quaternary nitrogens is 1. The van der Waals surface area contributed by atoms with Gasteiger partial charge in [0.2, 0.25) is 0 Å². The van der Waals surface area contributed by atoms with Gasteiger partial charge in [-0.15, -0.1) is 0 Å². The summed E-state index contributed by atoms with van der Waals surface area (Å²) in [6.45, 7) is 8.49. The Balaban J connectivity index is 1.68. The molecule has 0 bridgehead atoms. The van der Waals surface area contributed by atoms with Gasteiger partial charge in [0.25, 0.3) is 0 Å². The van der Waals surface area contributed by atoms with Crippen molar-refractivity contribution >= 4 is 16.9 Å². The molecule has 1 unspecified atom stereocenters. The van der Waals surface area contributed by atoms with Crippen LogP contribution in [0, 0.1) is 5.21 Å². The van der Waals surface area contributed by atoms with Gasteiger partial charge in [0.15, 0.2) is 0 Å². The molecule has 0 radical (unpaired) electrons. The van der Waals surface area contributed by atoms with E-state index in [0.29, 0.717) is 26.2 Å². The van der Waals surface area contributed by atoms with Crippen LogP contribution in [-0.4, -0.2) is 58.8 Å². The third-order valence-corrected chi connectivity index (χ3v) is 6.77. The summed E-state index contributed by atoms with van der Waals surface area (Å²) in [5.41, 5.74) is 3.70. The van der Waals surface area contributed by atoms with Crippen LogP contribution in [0.15, 0.2) is 24.4 Å². The highest BCUT2D eigenvalue weighted by Crippen LogP contribution is 2.46. The Kier molecular flexibility index (Phi) is 5.10. The fourth-order valence-electron chi connectivity index (χ4n) is 5.52. The number of aromatic nitrogens is 1. The first-order chi connectivity index (χ1) is 13.5. The SMILES string of the molecule is CCC[N+]1([O-])C[C@@H](NC(=O)N(CC)CC)C[C@@H]2c3cccc4[nH]cc(c34)C[C@H]21. The van der Waals surface area contributed by atoms with Crippen molar-refractivity contribution < 1.29 is 9.44 Å². The number of H-pyrrole nitrogens is 1. The number of hydroxylamine groups is 3. The molecule has 1 aromatic carbocycles. The van der Waals surface area contributed by atoms with E-state index in [4.69, 9.17) is 0 Å². The lowest BCUT2D eigenvalue weighted by molar-refractivity contribution is -0.913. The van der Waals surface area contributed by atoms with Gasteiger partial charge in [-0.1, -0.05) is 19.1 Å². The van der Waals surface area contributed by atoms with Crippen LogP contribution in [0.1, 0.15) is 50.7 Å². The van der Waals surface area contributed by atoms with E-state index in [1.165, 1.54) is 16.5 Å². The van der Waals surface area contributed by atoms with E-state index in [-0.39, 0.29) is 28.7 Å². The van der Waals surface area contributed by atoms with E-state index in [9.17, 15) is 10.0 Å². The van der Waals surface area contributed by atoms with Crippen LogP contribution in [0.3, 0.4) is 0 Å². The van der Waals surface area contributed by atoms with E-state index in [1.54, 1.807) is 4.90 Å². The smallest absolute Gasteiger partial charge is 0.317 e. The lowest BCUT2D eigenvalue weighted by atomic mass is 9.73. The lowest BCUT2D eigenvalue weighted by Gasteiger charge is -2.57. The molecule has 2 amide bonds. The van der Waals surface area contributed by atoms with Crippen molar-refractivity contribution in [2.24, 2.45) is 0 Å². The van der Waals surface area contributed by atoms with Crippen LogP contribution < -0.4 is 5.32 Å². The Bertz CT molecular complexity index is 859. The maximum atomic E-state index is 14.0.